The molecule has 1 aliphatic heterocycles. The van der Waals surface area contributed by atoms with Crippen LogP contribution in [-0.4, -0.2) is 38.0 Å². The van der Waals surface area contributed by atoms with Crippen LogP contribution in [0.1, 0.15) is 6.42 Å². The molecule has 2 aromatic carbocycles. The summed E-state index contributed by atoms with van der Waals surface area (Å²) in [6, 6.07) is 15.3. The first kappa shape index (κ1) is 18.4. The molecular weight excluding hydrogens is 348 g/mol. The molecule has 0 saturated carbocycles. The molecule has 0 saturated heterocycles. The predicted octanol–water partition coefficient (Wildman–Crippen LogP) is 2.30. The topological polar surface area (TPSA) is 82.3 Å². The normalized spacial score (nSPS) is 16.8. The van der Waals surface area contributed by atoms with Gasteiger partial charge in [0.2, 0.25) is 11.8 Å². The average molecular weight is 370 g/mol. The van der Waals surface area contributed by atoms with Crippen LogP contribution in [0.25, 0.3) is 0 Å². The standard InChI is InChI=1S/C19H22N4O2S/c24-18-12-20-10-5-11-21-13-19(25)23-15-7-2-4-9-17(15)26-16-8-3-1-6-14(16)22-18/h1-4,6-9,20-21H,5,10-13H2,(H,22,24)(H,23,25). The lowest BCUT2D eigenvalue weighted by molar-refractivity contribution is -0.116. The fraction of sp³-hybridized carbons (Fsp3) is 0.263. The second-order valence-corrected chi connectivity index (χ2v) is 6.98. The number of carbonyl (C=O) groups excluding carboxylic acids is 2. The van der Waals surface area contributed by atoms with E-state index in [-0.39, 0.29) is 24.9 Å². The molecule has 0 bridgehead atoms. The van der Waals surface area contributed by atoms with Gasteiger partial charge in [-0.25, -0.2) is 0 Å². The van der Waals surface area contributed by atoms with E-state index in [9.17, 15) is 9.59 Å². The Kier molecular flexibility index (Phi) is 6.65. The maximum absolute atomic E-state index is 12.2. The molecule has 0 aliphatic carbocycles. The zero-order chi connectivity index (χ0) is 18.2. The Labute approximate surface area is 157 Å². The van der Waals surface area contributed by atoms with Gasteiger partial charge in [0.15, 0.2) is 0 Å². The van der Waals surface area contributed by atoms with Crippen LogP contribution < -0.4 is 21.3 Å². The van der Waals surface area contributed by atoms with Gasteiger partial charge in [-0.05, 0) is 43.8 Å². The maximum atomic E-state index is 12.2. The minimum Gasteiger partial charge on any atom is -0.324 e. The first-order valence-electron chi connectivity index (χ1n) is 8.59. The number of rotatable bonds is 0. The first-order valence-corrected chi connectivity index (χ1v) is 9.41. The molecule has 26 heavy (non-hydrogen) atoms. The minimum absolute atomic E-state index is 0.0697. The van der Waals surface area contributed by atoms with Crippen LogP contribution in [0.3, 0.4) is 0 Å². The van der Waals surface area contributed by atoms with Gasteiger partial charge in [0.1, 0.15) is 0 Å². The molecule has 3 rings (SSSR count). The molecule has 0 radical (unpaired) electrons. The van der Waals surface area contributed by atoms with Gasteiger partial charge in [-0.2, -0.15) is 0 Å². The van der Waals surface area contributed by atoms with Crippen LogP contribution in [0.2, 0.25) is 0 Å². The van der Waals surface area contributed by atoms with E-state index < -0.39 is 0 Å². The van der Waals surface area contributed by atoms with E-state index in [0.29, 0.717) is 13.1 Å². The highest BCUT2D eigenvalue weighted by Crippen LogP contribution is 2.37. The molecular formula is C19H22N4O2S. The van der Waals surface area contributed by atoms with Crippen molar-refractivity contribution >= 4 is 35.0 Å². The van der Waals surface area contributed by atoms with Gasteiger partial charge in [-0.15, -0.1) is 0 Å². The average Bonchev–Trinajstić information content (AvgIpc) is 2.63. The molecule has 4 N–H and O–H groups in total. The smallest absolute Gasteiger partial charge is 0.238 e. The van der Waals surface area contributed by atoms with Crippen molar-refractivity contribution < 1.29 is 9.59 Å². The van der Waals surface area contributed by atoms with Crippen LogP contribution in [0, 0.1) is 0 Å². The Balaban J connectivity index is 1.87. The summed E-state index contributed by atoms with van der Waals surface area (Å²) in [5.41, 5.74) is 1.53. The summed E-state index contributed by atoms with van der Waals surface area (Å²) in [6.07, 6.45) is 0.837. The molecule has 1 heterocycles. The molecule has 0 aromatic heterocycles. The number of hydrogen-bond acceptors (Lipinski definition) is 5. The van der Waals surface area contributed by atoms with E-state index in [2.05, 4.69) is 21.3 Å². The van der Waals surface area contributed by atoms with Crippen molar-refractivity contribution in [3.8, 4) is 0 Å². The molecule has 7 heteroatoms. The van der Waals surface area contributed by atoms with Crippen molar-refractivity contribution in [2.75, 3.05) is 36.8 Å². The van der Waals surface area contributed by atoms with Gasteiger partial charge >= 0.3 is 0 Å². The largest absolute Gasteiger partial charge is 0.324 e. The molecule has 2 aromatic rings. The van der Waals surface area contributed by atoms with Crippen LogP contribution in [0.15, 0.2) is 58.3 Å². The quantitative estimate of drug-likeness (QED) is 0.572. The highest BCUT2D eigenvalue weighted by molar-refractivity contribution is 7.99. The Hall–Kier alpha value is -2.35. The monoisotopic (exact) mass is 370 g/mol. The fourth-order valence-corrected chi connectivity index (χ4v) is 3.56. The van der Waals surface area contributed by atoms with E-state index >= 15 is 0 Å². The number of benzene rings is 2. The maximum Gasteiger partial charge on any atom is 0.238 e. The van der Waals surface area contributed by atoms with Gasteiger partial charge in [-0.1, -0.05) is 36.0 Å². The summed E-state index contributed by atoms with van der Waals surface area (Å²) in [5.74, 6) is -0.139. The highest BCUT2D eigenvalue weighted by Gasteiger charge is 2.12. The third kappa shape index (κ3) is 5.32. The molecule has 0 atom stereocenters. The van der Waals surface area contributed by atoms with E-state index in [1.54, 1.807) is 0 Å². The van der Waals surface area contributed by atoms with Crippen molar-refractivity contribution in [3.05, 3.63) is 48.5 Å². The van der Waals surface area contributed by atoms with Gasteiger partial charge < -0.3 is 21.3 Å². The van der Waals surface area contributed by atoms with E-state index in [1.807, 2.05) is 48.5 Å². The summed E-state index contributed by atoms with van der Waals surface area (Å²) in [5, 5.41) is 12.1. The number of carbonyl (C=O) groups is 2. The highest BCUT2D eigenvalue weighted by atomic mass is 32.2. The number of para-hydroxylation sites is 2. The molecule has 0 unspecified atom stereocenters. The second kappa shape index (κ2) is 9.38. The van der Waals surface area contributed by atoms with Gasteiger partial charge in [0.25, 0.3) is 0 Å². The number of fused-ring (bicyclic) bond motifs is 2. The molecule has 136 valence electrons. The summed E-state index contributed by atoms with van der Waals surface area (Å²) < 4.78 is 0. The fourth-order valence-electron chi connectivity index (χ4n) is 2.57. The Morgan fingerprint density at radius 2 is 1.15 bits per heavy atom. The van der Waals surface area contributed by atoms with E-state index in [4.69, 9.17) is 0 Å². The van der Waals surface area contributed by atoms with Crippen molar-refractivity contribution in [2.24, 2.45) is 0 Å². The number of anilines is 2. The van der Waals surface area contributed by atoms with Gasteiger partial charge in [0.05, 0.1) is 24.5 Å². The molecule has 0 fully saturated rings. The number of amides is 2. The number of nitrogens with one attached hydrogen (secondary N) is 4. The first-order chi connectivity index (χ1) is 12.7. The van der Waals surface area contributed by atoms with Crippen molar-refractivity contribution in [1.82, 2.24) is 10.6 Å². The van der Waals surface area contributed by atoms with Crippen molar-refractivity contribution in [3.63, 3.8) is 0 Å². The molecule has 6 nitrogen and oxygen atoms in total. The van der Waals surface area contributed by atoms with Crippen molar-refractivity contribution in [1.29, 1.82) is 0 Å². The third-order valence-corrected chi connectivity index (χ3v) is 4.97. The Bertz CT molecular complexity index is 718. The summed E-state index contributed by atoms with van der Waals surface area (Å²) in [6.45, 7) is 1.94. The zero-order valence-corrected chi connectivity index (χ0v) is 15.2. The lowest BCUT2D eigenvalue weighted by atomic mass is 10.3. The lowest BCUT2D eigenvalue weighted by Gasteiger charge is -2.15. The van der Waals surface area contributed by atoms with E-state index in [1.165, 1.54) is 11.8 Å². The summed E-state index contributed by atoms with van der Waals surface area (Å²) in [4.78, 5) is 26.2. The zero-order valence-electron chi connectivity index (χ0n) is 14.4. The number of hydrogen-bond donors (Lipinski definition) is 4. The van der Waals surface area contributed by atoms with Crippen LogP contribution in [0.5, 0.6) is 0 Å². The molecule has 0 spiro atoms. The molecule has 1 aliphatic rings. The van der Waals surface area contributed by atoms with Crippen LogP contribution >= 0.6 is 11.8 Å². The third-order valence-electron chi connectivity index (χ3n) is 3.82. The predicted molar refractivity (Wildman–Crippen MR) is 105 cm³/mol. The van der Waals surface area contributed by atoms with Crippen LogP contribution in [0.4, 0.5) is 11.4 Å². The lowest BCUT2D eigenvalue weighted by Crippen LogP contribution is -2.32. The Morgan fingerprint density at radius 1 is 0.692 bits per heavy atom. The minimum atomic E-state index is -0.0697. The molecule has 2 amide bonds. The SMILES string of the molecule is O=C1CNCCCNCC(=O)Nc2ccccc2Sc2ccccc2N1. The van der Waals surface area contributed by atoms with Crippen molar-refractivity contribution in [2.45, 2.75) is 16.2 Å². The summed E-state index contributed by atoms with van der Waals surface area (Å²) >= 11 is 1.51. The van der Waals surface area contributed by atoms with Gasteiger partial charge in [0, 0.05) is 9.79 Å². The van der Waals surface area contributed by atoms with E-state index in [0.717, 1.165) is 27.6 Å². The summed E-state index contributed by atoms with van der Waals surface area (Å²) in [7, 11) is 0. The second-order valence-electron chi connectivity index (χ2n) is 5.90. The van der Waals surface area contributed by atoms with Gasteiger partial charge in [-0.3, -0.25) is 9.59 Å². The Morgan fingerprint density at radius 3 is 1.65 bits per heavy atom. The van der Waals surface area contributed by atoms with Crippen LogP contribution in [-0.2, 0) is 9.59 Å².